The Hall–Kier alpha value is -2.55. The summed E-state index contributed by atoms with van der Waals surface area (Å²) in [5.74, 6) is 1.03. The maximum atomic E-state index is 8.58. The van der Waals surface area contributed by atoms with Crippen LogP contribution in [0.4, 0.5) is 0 Å². The van der Waals surface area contributed by atoms with Crippen molar-refractivity contribution in [1.82, 2.24) is 0 Å². The number of amides is 1. The first-order chi connectivity index (χ1) is 10.6. The Morgan fingerprint density at radius 3 is 2.32 bits per heavy atom. The first kappa shape index (κ1) is 15.8. The molecule has 1 aliphatic rings. The minimum absolute atomic E-state index is 0.250. The molecule has 0 aromatic heterocycles. The molecule has 0 saturated carbocycles. The van der Waals surface area contributed by atoms with Gasteiger partial charge in [-0.1, -0.05) is 48.0 Å². The minimum Gasteiger partial charge on any atom is -0.488 e. The van der Waals surface area contributed by atoms with Crippen LogP contribution in [0.2, 0.25) is 0 Å². The summed E-state index contributed by atoms with van der Waals surface area (Å²) in [6, 6.07) is 15.1. The van der Waals surface area contributed by atoms with Gasteiger partial charge in [-0.2, -0.15) is 0 Å². The summed E-state index contributed by atoms with van der Waals surface area (Å²) in [6.45, 7) is 7.06. The number of hydrogen-bond donors (Lipinski definition) is 1. The van der Waals surface area contributed by atoms with Crippen LogP contribution >= 0.6 is 0 Å². The number of ether oxygens (including phenoxy) is 1. The summed E-state index contributed by atoms with van der Waals surface area (Å²) in [4.78, 5) is 8.58. The van der Waals surface area contributed by atoms with Crippen LogP contribution in [0, 0.1) is 13.8 Å². The highest BCUT2D eigenvalue weighted by molar-refractivity contribution is 5.86. The Morgan fingerprint density at radius 2 is 1.68 bits per heavy atom. The zero-order valence-electron chi connectivity index (χ0n) is 13.2. The van der Waals surface area contributed by atoms with E-state index < -0.39 is 0 Å². The van der Waals surface area contributed by atoms with Crippen molar-refractivity contribution in [3.63, 3.8) is 0 Å². The summed E-state index contributed by atoms with van der Waals surface area (Å²) in [5.41, 5.74) is 11.8. The summed E-state index contributed by atoms with van der Waals surface area (Å²) < 4.78 is 5.88. The van der Waals surface area contributed by atoms with E-state index in [1.807, 2.05) is 0 Å². The van der Waals surface area contributed by atoms with E-state index in [0.717, 1.165) is 5.75 Å². The highest BCUT2D eigenvalue weighted by Crippen LogP contribution is 2.38. The number of benzene rings is 2. The van der Waals surface area contributed by atoms with Gasteiger partial charge in [0.05, 0.1) is 0 Å². The largest absolute Gasteiger partial charge is 0.488 e. The van der Waals surface area contributed by atoms with Crippen LogP contribution in [0.3, 0.4) is 0 Å². The van der Waals surface area contributed by atoms with Crippen molar-refractivity contribution < 1.29 is 9.53 Å². The third-order valence-corrected chi connectivity index (χ3v) is 3.68. The Labute approximate surface area is 131 Å². The average Bonchev–Trinajstić information content (AvgIpc) is 2.49. The average molecular weight is 295 g/mol. The fourth-order valence-electron chi connectivity index (χ4n) is 2.65. The highest BCUT2D eigenvalue weighted by Gasteiger charge is 2.20. The molecule has 0 aliphatic carbocycles. The number of carbonyl (C=O) groups is 1. The molecular formula is C19H21NO2. The van der Waals surface area contributed by atoms with Crippen molar-refractivity contribution in [3.8, 4) is 5.75 Å². The van der Waals surface area contributed by atoms with Crippen molar-refractivity contribution in [2.24, 2.45) is 5.73 Å². The molecular weight excluding hydrogens is 274 g/mol. The SMILES string of the molecule is CC1=C(c2ccc(C)cc2)c2cccc(C)c2OC1.NC=O. The van der Waals surface area contributed by atoms with Gasteiger partial charge in [0.2, 0.25) is 6.41 Å². The van der Waals surface area contributed by atoms with Gasteiger partial charge in [0.25, 0.3) is 0 Å². The lowest BCUT2D eigenvalue weighted by Crippen LogP contribution is -2.11. The fourth-order valence-corrected chi connectivity index (χ4v) is 2.65. The number of aryl methyl sites for hydroxylation is 2. The number of para-hydroxylation sites is 1. The Bertz CT molecular complexity index is 700. The van der Waals surface area contributed by atoms with Crippen molar-refractivity contribution in [2.75, 3.05) is 6.61 Å². The number of hydrogen-bond acceptors (Lipinski definition) is 2. The second-order valence-electron chi connectivity index (χ2n) is 5.40. The van der Waals surface area contributed by atoms with Crippen molar-refractivity contribution >= 4 is 12.0 Å². The monoisotopic (exact) mass is 295 g/mol. The third kappa shape index (κ3) is 3.19. The molecule has 0 fully saturated rings. The fraction of sp³-hybridized carbons (Fsp3) is 0.211. The molecule has 0 unspecified atom stereocenters. The van der Waals surface area contributed by atoms with Gasteiger partial charge < -0.3 is 10.5 Å². The summed E-state index contributed by atoms with van der Waals surface area (Å²) in [7, 11) is 0. The van der Waals surface area contributed by atoms with Crippen LogP contribution in [-0.4, -0.2) is 13.0 Å². The Morgan fingerprint density at radius 1 is 1.05 bits per heavy atom. The normalized spacial score (nSPS) is 12.7. The van der Waals surface area contributed by atoms with Crippen LogP contribution in [0.5, 0.6) is 5.75 Å². The molecule has 114 valence electrons. The molecule has 2 N–H and O–H groups in total. The zero-order chi connectivity index (χ0) is 16.1. The second-order valence-corrected chi connectivity index (χ2v) is 5.40. The van der Waals surface area contributed by atoms with Gasteiger partial charge in [-0.3, -0.25) is 4.79 Å². The number of nitrogens with two attached hydrogens (primary N) is 1. The molecule has 22 heavy (non-hydrogen) atoms. The van der Waals surface area contributed by atoms with Gasteiger partial charge in [0, 0.05) is 5.56 Å². The molecule has 3 nitrogen and oxygen atoms in total. The second kappa shape index (κ2) is 6.94. The van der Waals surface area contributed by atoms with Gasteiger partial charge >= 0.3 is 0 Å². The molecule has 0 radical (unpaired) electrons. The number of rotatable bonds is 1. The standard InChI is InChI=1S/C18H18O.CH3NO/c1-12-7-9-15(10-8-12)17-14(3)11-19-18-13(2)5-4-6-16(17)18;2-1-3/h4-10H,11H2,1-3H3;1H,(H2,2,3). The topological polar surface area (TPSA) is 52.3 Å². The van der Waals surface area contributed by atoms with E-state index in [1.54, 1.807) is 0 Å². The van der Waals surface area contributed by atoms with Crippen molar-refractivity contribution in [2.45, 2.75) is 20.8 Å². The van der Waals surface area contributed by atoms with E-state index >= 15 is 0 Å². The number of primary amides is 1. The predicted molar refractivity (Wildman–Crippen MR) is 89.8 cm³/mol. The van der Waals surface area contributed by atoms with E-state index in [9.17, 15) is 0 Å². The van der Waals surface area contributed by atoms with Crippen LogP contribution in [0.15, 0.2) is 48.0 Å². The van der Waals surface area contributed by atoms with Crippen LogP contribution in [-0.2, 0) is 4.79 Å². The third-order valence-electron chi connectivity index (χ3n) is 3.68. The summed E-state index contributed by atoms with van der Waals surface area (Å²) in [5, 5.41) is 0. The predicted octanol–water partition coefficient (Wildman–Crippen LogP) is 3.62. The maximum Gasteiger partial charge on any atom is 0.204 e. The zero-order valence-corrected chi connectivity index (χ0v) is 13.2. The van der Waals surface area contributed by atoms with E-state index in [1.165, 1.54) is 33.4 Å². The van der Waals surface area contributed by atoms with E-state index in [0.29, 0.717) is 6.61 Å². The molecule has 1 aliphatic heterocycles. The molecule has 0 spiro atoms. The molecule has 2 aromatic rings. The minimum atomic E-state index is 0.250. The van der Waals surface area contributed by atoms with E-state index in [2.05, 4.69) is 69.0 Å². The van der Waals surface area contributed by atoms with Gasteiger partial charge in [-0.25, -0.2) is 0 Å². The van der Waals surface area contributed by atoms with E-state index in [4.69, 9.17) is 9.53 Å². The maximum absolute atomic E-state index is 8.58. The highest BCUT2D eigenvalue weighted by atomic mass is 16.5. The van der Waals surface area contributed by atoms with Crippen LogP contribution < -0.4 is 10.5 Å². The summed E-state index contributed by atoms with van der Waals surface area (Å²) >= 11 is 0. The van der Waals surface area contributed by atoms with Crippen LogP contribution in [0.1, 0.15) is 29.2 Å². The van der Waals surface area contributed by atoms with Gasteiger partial charge in [0.15, 0.2) is 0 Å². The molecule has 1 heterocycles. The van der Waals surface area contributed by atoms with Crippen LogP contribution in [0.25, 0.3) is 5.57 Å². The van der Waals surface area contributed by atoms with Gasteiger partial charge in [-0.15, -0.1) is 0 Å². The lowest BCUT2D eigenvalue weighted by Gasteiger charge is -2.24. The van der Waals surface area contributed by atoms with Gasteiger partial charge in [-0.05, 0) is 43.0 Å². The molecule has 0 saturated heterocycles. The van der Waals surface area contributed by atoms with E-state index in [-0.39, 0.29) is 6.41 Å². The number of fused-ring (bicyclic) bond motifs is 1. The smallest absolute Gasteiger partial charge is 0.204 e. The first-order valence-corrected chi connectivity index (χ1v) is 7.23. The lowest BCUT2D eigenvalue weighted by atomic mass is 9.90. The molecule has 0 atom stereocenters. The van der Waals surface area contributed by atoms with Crippen molar-refractivity contribution in [1.29, 1.82) is 0 Å². The summed E-state index contributed by atoms with van der Waals surface area (Å²) in [6.07, 6.45) is 0.250. The molecule has 1 amide bonds. The molecule has 2 aromatic carbocycles. The molecule has 3 heteroatoms. The Kier molecular flexibility index (Phi) is 4.99. The molecule has 3 rings (SSSR count). The molecule has 0 bridgehead atoms. The van der Waals surface area contributed by atoms with Gasteiger partial charge in [0.1, 0.15) is 12.4 Å². The first-order valence-electron chi connectivity index (χ1n) is 7.23. The van der Waals surface area contributed by atoms with Crippen molar-refractivity contribution in [3.05, 3.63) is 70.3 Å². The number of carbonyl (C=O) groups excluding carboxylic acids is 1. The lowest BCUT2D eigenvalue weighted by molar-refractivity contribution is -0.106. The quantitative estimate of drug-likeness (QED) is 0.817. The Balaban J connectivity index is 0.000000545.